The highest BCUT2D eigenvalue weighted by molar-refractivity contribution is 6.00. The molecule has 0 N–H and O–H groups in total. The quantitative estimate of drug-likeness (QED) is 0.426. The number of nitrogens with zero attached hydrogens (tertiary/aromatic N) is 6. The lowest BCUT2D eigenvalue weighted by molar-refractivity contribution is 0.0786. The number of para-hydroxylation sites is 1. The minimum Gasteiger partial charge on any atom is -0.337 e. The van der Waals surface area contributed by atoms with Crippen molar-refractivity contribution >= 4 is 11.6 Å². The van der Waals surface area contributed by atoms with E-state index in [2.05, 4.69) is 10.1 Å². The summed E-state index contributed by atoms with van der Waals surface area (Å²) in [6.07, 6.45) is 5.46. The van der Waals surface area contributed by atoms with E-state index in [1.54, 1.807) is 34.9 Å². The number of rotatable bonds is 5. The maximum atomic E-state index is 13.4. The number of carbonyl (C=O) groups excluding carboxylic acids is 1. The summed E-state index contributed by atoms with van der Waals surface area (Å²) >= 11 is 0. The minimum atomic E-state index is -0.123. The first-order valence-electron chi connectivity index (χ1n) is 10.4. The van der Waals surface area contributed by atoms with Gasteiger partial charge in [-0.3, -0.25) is 4.79 Å². The van der Waals surface area contributed by atoms with Gasteiger partial charge in [0, 0.05) is 43.3 Å². The summed E-state index contributed by atoms with van der Waals surface area (Å²) in [7, 11) is 1.79. The molecule has 0 aliphatic carbocycles. The highest BCUT2D eigenvalue weighted by atomic mass is 16.2. The van der Waals surface area contributed by atoms with Crippen molar-refractivity contribution < 1.29 is 4.79 Å². The molecule has 0 atom stereocenters. The predicted molar refractivity (Wildman–Crippen MR) is 123 cm³/mol. The van der Waals surface area contributed by atoms with E-state index in [0.29, 0.717) is 23.4 Å². The van der Waals surface area contributed by atoms with Crippen molar-refractivity contribution in [2.75, 3.05) is 7.05 Å². The van der Waals surface area contributed by atoms with E-state index < -0.39 is 0 Å². The zero-order valence-corrected chi connectivity index (χ0v) is 17.9. The molecule has 5 aromatic rings. The zero-order valence-electron chi connectivity index (χ0n) is 17.9. The minimum absolute atomic E-state index is 0.123. The summed E-state index contributed by atoms with van der Waals surface area (Å²) in [6.45, 7) is 2.23. The molecule has 0 unspecified atom stereocenters. The average molecular weight is 422 g/mol. The summed E-state index contributed by atoms with van der Waals surface area (Å²) in [5.41, 5.74) is 5.51. The molecule has 0 radical (unpaired) electrons. The van der Waals surface area contributed by atoms with E-state index in [0.717, 1.165) is 22.5 Å². The summed E-state index contributed by atoms with van der Waals surface area (Å²) in [5, 5.41) is 9.27. The Balaban J connectivity index is 1.52. The Morgan fingerprint density at radius 2 is 1.69 bits per heavy atom. The van der Waals surface area contributed by atoms with Gasteiger partial charge < -0.3 is 4.90 Å². The van der Waals surface area contributed by atoms with Crippen LogP contribution in [0, 0.1) is 6.92 Å². The molecular weight excluding hydrogens is 400 g/mol. The first kappa shape index (κ1) is 19.7. The Bertz CT molecular complexity index is 1390. The molecule has 2 aromatic carbocycles. The molecule has 158 valence electrons. The Hall–Kier alpha value is -4.26. The Labute approximate surface area is 185 Å². The van der Waals surface area contributed by atoms with Crippen LogP contribution in [0.4, 0.5) is 0 Å². The fourth-order valence-corrected chi connectivity index (χ4v) is 3.84. The third kappa shape index (κ3) is 3.54. The first-order valence-corrected chi connectivity index (χ1v) is 10.4. The largest absolute Gasteiger partial charge is 0.337 e. The van der Waals surface area contributed by atoms with Gasteiger partial charge in [0.25, 0.3) is 5.91 Å². The molecule has 3 heterocycles. The molecule has 0 saturated carbocycles. The highest BCUT2D eigenvalue weighted by Crippen LogP contribution is 2.25. The Morgan fingerprint density at radius 3 is 2.44 bits per heavy atom. The predicted octanol–water partition coefficient (Wildman–Crippen LogP) is 4.16. The van der Waals surface area contributed by atoms with Crippen molar-refractivity contribution in [2.45, 2.75) is 13.5 Å². The van der Waals surface area contributed by atoms with E-state index in [1.165, 1.54) is 0 Å². The van der Waals surface area contributed by atoms with Crippen LogP contribution >= 0.6 is 0 Å². The van der Waals surface area contributed by atoms with Gasteiger partial charge >= 0.3 is 0 Å². The van der Waals surface area contributed by atoms with Crippen LogP contribution in [0.1, 0.15) is 21.6 Å². The van der Waals surface area contributed by atoms with Gasteiger partial charge in [0.2, 0.25) is 0 Å². The van der Waals surface area contributed by atoms with Crippen LogP contribution < -0.4 is 0 Å². The van der Waals surface area contributed by atoms with Gasteiger partial charge in [-0.15, -0.1) is 0 Å². The fourth-order valence-electron chi connectivity index (χ4n) is 3.84. The van der Waals surface area contributed by atoms with Crippen LogP contribution in [-0.4, -0.2) is 42.2 Å². The van der Waals surface area contributed by atoms with Crippen LogP contribution in [0.25, 0.3) is 22.6 Å². The first-order chi connectivity index (χ1) is 15.6. The third-order valence-corrected chi connectivity index (χ3v) is 5.40. The van der Waals surface area contributed by atoms with Crippen molar-refractivity contribution in [3.8, 4) is 16.9 Å². The molecule has 0 fully saturated rings. The topological polar surface area (TPSA) is 68.3 Å². The van der Waals surface area contributed by atoms with E-state index in [-0.39, 0.29) is 5.91 Å². The van der Waals surface area contributed by atoms with Crippen molar-refractivity contribution in [3.63, 3.8) is 0 Å². The molecule has 0 aliphatic rings. The molecule has 0 aliphatic heterocycles. The van der Waals surface area contributed by atoms with Crippen molar-refractivity contribution in [3.05, 3.63) is 102 Å². The van der Waals surface area contributed by atoms with E-state index in [9.17, 15) is 4.79 Å². The lowest BCUT2D eigenvalue weighted by Crippen LogP contribution is -2.27. The van der Waals surface area contributed by atoms with Crippen molar-refractivity contribution in [1.82, 2.24) is 29.3 Å². The Kier molecular flexibility index (Phi) is 4.99. The van der Waals surface area contributed by atoms with E-state index >= 15 is 0 Å². The zero-order chi connectivity index (χ0) is 22.1. The van der Waals surface area contributed by atoms with Crippen LogP contribution in [0.3, 0.4) is 0 Å². The SMILES string of the molecule is Cc1nn2cccnc2c1C(=O)N(C)Cc1cn(-c2ccccc2)nc1-c1ccccc1. The maximum absolute atomic E-state index is 13.4. The monoisotopic (exact) mass is 422 g/mol. The normalized spacial score (nSPS) is 11.1. The van der Waals surface area contributed by atoms with Gasteiger partial charge in [-0.2, -0.15) is 10.2 Å². The molecule has 7 nitrogen and oxygen atoms in total. The smallest absolute Gasteiger partial charge is 0.259 e. The number of amides is 1. The number of benzene rings is 2. The highest BCUT2D eigenvalue weighted by Gasteiger charge is 2.23. The summed E-state index contributed by atoms with van der Waals surface area (Å²) in [5.74, 6) is -0.123. The summed E-state index contributed by atoms with van der Waals surface area (Å²) in [6, 6.07) is 21.8. The Morgan fingerprint density at radius 1 is 0.969 bits per heavy atom. The van der Waals surface area contributed by atoms with Gasteiger partial charge in [-0.1, -0.05) is 48.5 Å². The number of carbonyl (C=O) groups is 1. The van der Waals surface area contributed by atoms with Gasteiger partial charge in [0.15, 0.2) is 5.65 Å². The summed E-state index contributed by atoms with van der Waals surface area (Å²) in [4.78, 5) is 19.4. The molecule has 5 rings (SSSR count). The van der Waals surface area contributed by atoms with Gasteiger partial charge in [0.05, 0.1) is 17.1 Å². The molecule has 0 bridgehead atoms. The van der Waals surface area contributed by atoms with Crippen LogP contribution in [0.5, 0.6) is 0 Å². The van der Waals surface area contributed by atoms with Crippen molar-refractivity contribution in [2.24, 2.45) is 0 Å². The van der Waals surface area contributed by atoms with Gasteiger partial charge in [0.1, 0.15) is 5.56 Å². The second kappa shape index (κ2) is 8.11. The van der Waals surface area contributed by atoms with Crippen LogP contribution in [-0.2, 0) is 6.54 Å². The van der Waals surface area contributed by atoms with Gasteiger partial charge in [-0.05, 0) is 25.1 Å². The average Bonchev–Trinajstić information content (AvgIpc) is 3.40. The lowest BCUT2D eigenvalue weighted by Gasteiger charge is -2.17. The fraction of sp³-hybridized carbons (Fsp3) is 0.120. The molecule has 0 spiro atoms. The van der Waals surface area contributed by atoms with Crippen LogP contribution in [0.15, 0.2) is 85.3 Å². The molecule has 32 heavy (non-hydrogen) atoms. The second-order valence-electron chi connectivity index (χ2n) is 7.66. The van der Waals surface area contributed by atoms with Gasteiger partial charge in [-0.25, -0.2) is 14.2 Å². The number of aromatic nitrogens is 5. The maximum Gasteiger partial charge on any atom is 0.259 e. The molecular formula is C25H22N6O. The number of hydrogen-bond acceptors (Lipinski definition) is 4. The summed E-state index contributed by atoms with van der Waals surface area (Å²) < 4.78 is 3.50. The van der Waals surface area contributed by atoms with E-state index in [4.69, 9.17) is 5.10 Å². The number of aryl methyl sites for hydroxylation is 1. The molecule has 0 saturated heterocycles. The molecule has 7 heteroatoms. The number of hydrogen-bond donors (Lipinski definition) is 0. The van der Waals surface area contributed by atoms with Crippen molar-refractivity contribution in [1.29, 1.82) is 0 Å². The van der Waals surface area contributed by atoms with E-state index in [1.807, 2.05) is 78.5 Å². The number of fused-ring (bicyclic) bond motifs is 1. The van der Waals surface area contributed by atoms with Crippen LogP contribution in [0.2, 0.25) is 0 Å². The standard InChI is InChI=1S/C25H22N6O/c1-18-22(24-26-14-9-15-30(24)27-18)25(32)29(2)16-20-17-31(21-12-7-4-8-13-21)28-23(20)19-10-5-3-6-11-19/h3-15,17H,16H2,1-2H3. The second-order valence-corrected chi connectivity index (χ2v) is 7.66. The lowest BCUT2D eigenvalue weighted by atomic mass is 10.1. The third-order valence-electron chi connectivity index (χ3n) is 5.40. The molecule has 1 amide bonds. The molecule has 3 aromatic heterocycles.